The van der Waals surface area contributed by atoms with E-state index in [1.807, 2.05) is 41.2 Å². The lowest BCUT2D eigenvalue weighted by Crippen LogP contribution is -2.32. The lowest BCUT2D eigenvalue weighted by molar-refractivity contribution is 0.0763. The number of nitrogens with one attached hydrogen (secondary N) is 2. The summed E-state index contributed by atoms with van der Waals surface area (Å²) >= 11 is 1.52. The predicted octanol–water partition coefficient (Wildman–Crippen LogP) is 5.29. The number of ether oxygens (including phenoxy) is 1. The van der Waals surface area contributed by atoms with Crippen LogP contribution in [0, 0.1) is 17.7 Å². The molecule has 7 rings (SSSR count). The molecule has 2 fully saturated rings. The summed E-state index contributed by atoms with van der Waals surface area (Å²) in [6.45, 7) is 2.66. The predicted molar refractivity (Wildman–Crippen MR) is 160 cm³/mol. The molecule has 5 aromatic rings. The zero-order chi connectivity index (χ0) is 28.5. The summed E-state index contributed by atoms with van der Waals surface area (Å²) in [6, 6.07) is 14.5. The number of likely N-dealkylation sites (tertiary alicyclic amines) is 1. The molecular weight excluding hydrogens is 553 g/mol. The summed E-state index contributed by atoms with van der Waals surface area (Å²) in [7, 11) is 0. The number of nitrogens with zero attached hydrogens (tertiary/aromatic N) is 5. The van der Waals surface area contributed by atoms with E-state index in [0.29, 0.717) is 25.3 Å². The van der Waals surface area contributed by atoms with Crippen LogP contribution in [0.15, 0.2) is 61.1 Å². The lowest BCUT2D eigenvalue weighted by Gasteiger charge is -2.18. The van der Waals surface area contributed by atoms with E-state index in [1.165, 1.54) is 23.5 Å². The summed E-state index contributed by atoms with van der Waals surface area (Å²) in [6.07, 6.45) is 5.74. The van der Waals surface area contributed by atoms with Crippen LogP contribution in [-0.4, -0.2) is 62.5 Å². The van der Waals surface area contributed by atoms with Gasteiger partial charge in [-0.05, 0) is 54.8 Å². The molecule has 0 spiro atoms. The molecule has 2 saturated heterocycles. The molecule has 2 aliphatic rings. The van der Waals surface area contributed by atoms with Crippen LogP contribution < -0.4 is 10.6 Å². The maximum Gasteiger partial charge on any atom is 0.410 e. The molecule has 5 heterocycles. The van der Waals surface area contributed by atoms with Crippen molar-refractivity contribution in [2.45, 2.75) is 38.0 Å². The monoisotopic (exact) mass is 581 g/mol. The number of fused-ring (bicyclic) bond motifs is 2. The number of anilines is 2. The number of hydrogen-bond acceptors (Lipinski definition) is 8. The van der Waals surface area contributed by atoms with Crippen molar-refractivity contribution in [3.63, 3.8) is 0 Å². The summed E-state index contributed by atoms with van der Waals surface area (Å²) < 4.78 is 21.1. The average Bonchev–Trinajstić information content (AvgIpc) is 3.79. The first-order valence-electron chi connectivity index (χ1n) is 14.0. The van der Waals surface area contributed by atoms with Crippen LogP contribution >= 0.6 is 11.3 Å². The standard InChI is InChI=1S/C31H28FN7O2S/c32-22-5-3-4-20(12-22)18-39-28-9-7-24(13-21(28)16-36-39)37-29-27-15-26(42-30(27)35-19-34-29)8-6-23-14-25(17-33-23)41-31(40)38-10-1-2-11-38/h3-5,7,9,12-13,15-16,19,23,25,33H,1-2,10-11,14,17-18H2,(H,34,35,37)/t23?,25-/m0/s1. The van der Waals surface area contributed by atoms with Gasteiger partial charge in [-0.3, -0.25) is 10.00 Å². The maximum absolute atomic E-state index is 13.6. The molecule has 212 valence electrons. The number of aromatic nitrogens is 4. The topological polar surface area (TPSA) is 97.2 Å². The second kappa shape index (κ2) is 11.4. The fraction of sp³-hybridized carbons (Fsp3) is 0.290. The molecule has 2 aromatic carbocycles. The largest absolute Gasteiger partial charge is 0.445 e. The van der Waals surface area contributed by atoms with Gasteiger partial charge in [-0.15, -0.1) is 11.3 Å². The van der Waals surface area contributed by atoms with Gasteiger partial charge in [-0.25, -0.2) is 19.2 Å². The number of rotatable bonds is 5. The molecule has 11 heteroatoms. The van der Waals surface area contributed by atoms with Crippen molar-refractivity contribution in [3.8, 4) is 11.8 Å². The van der Waals surface area contributed by atoms with Crippen molar-refractivity contribution in [2.75, 3.05) is 25.0 Å². The van der Waals surface area contributed by atoms with Crippen LogP contribution in [0.2, 0.25) is 0 Å². The minimum atomic E-state index is -0.256. The highest BCUT2D eigenvalue weighted by Gasteiger charge is 2.28. The van der Waals surface area contributed by atoms with Crippen LogP contribution in [0.5, 0.6) is 0 Å². The van der Waals surface area contributed by atoms with Gasteiger partial charge in [0.2, 0.25) is 0 Å². The third-order valence-electron chi connectivity index (χ3n) is 7.55. The number of hydrogen-bond donors (Lipinski definition) is 2. The Bertz CT molecular complexity index is 1840. The van der Waals surface area contributed by atoms with E-state index < -0.39 is 0 Å². The molecule has 1 amide bonds. The third-order valence-corrected chi connectivity index (χ3v) is 8.51. The van der Waals surface area contributed by atoms with Gasteiger partial charge in [0, 0.05) is 37.1 Å². The first kappa shape index (κ1) is 26.4. The molecule has 42 heavy (non-hydrogen) atoms. The highest BCUT2D eigenvalue weighted by atomic mass is 32.1. The van der Waals surface area contributed by atoms with E-state index in [4.69, 9.17) is 4.74 Å². The van der Waals surface area contributed by atoms with Gasteiger partial charge in [0.1, 0.15) is 28.9 Å². The molecule has 2 N–H and O–H groups in total. The van der Waals surface area contributed by atoms with Crippen LogP contribution in [-0.2, 0) is 11.3 Å². The SMILES string of the molecule is O=C(O[C@@H]1CNC(C#Cc2cc3c(Nc4ccc5c(cnn5Cc5cccc(F)c5)c4)ncnc3s2)C1)N1CCCC1. The Balaban J connectivity index is 1.03. The van der Waals surface area contributed by atoms with Crippen LogP contribution in [0.3, 0.4) is 0 Å². The number of amides is 1. The normalized spacial score (nSPS) is 18.4. The van der Waals surface area contributed by atoms with Gasteiger partial charge in [-0.2, -0.15) is 5.10 Å². The smallest absolute Gasteiger partial charge is 0.410 e. The van der Waals surface area contributed by atoms with E-state index in [1.54, 1.807) is 17.3 Å². The number of carbonyl (C=O) groups is 1. The number of halogens is 1. The van der Waals surface area contributed by atoms with Crippen molar-refractivity contribution in [3.05, 3.63) is 77.3 Å². The van der Waals surface area contributed by atoms with Crippen LogP contribution in [0.4, 0.5) is 20.7 Å². The second-order valence-electron chi connectivity index (χ2n) is 10.5. The summed E-state index contributed by atoms with van der Waals surface area (Å²) in [5.41, 5.74) is 2.68. The van der Waals surface area contributed by atoms with E-state index in [0.717, 1.165) is 63.2 Å². The van der Waals surface area contributed by atoms with E-state index in [2.05, 4.69) is 37.5 Å². The van der Waals surface area contributed by atoms with E-state index in [-0.39, 0.29) is 24.1 Å². The number of carbonyl (C=O) groups excluding carboxylic acids is 1. The third kappa shape index (κ3) is 5.64. The molecule has 0 bridgehead atoms. The quantitative estimate of drug-likeness (QED) is 0.273. The lowest BCUT2D eigenvalue weighted by atomic mass is 10.2. The zero-order valence-corrected chi connectivity index (χ0v) is 23.5. The zero-order valence-electron chi connectivity index (χ0n) is 22.7. The first-order valence-corrected chi connectivity index (χ1v) is 14.8. The van der Waals surface area contributed by atoms with Gasteiger partial charge >= 0.3 is 6.09 Å². The second-order valence-corrected chi connectivity index (χ2v) is 11.6. The maximum atomic E-state index is 13.6. The Morgan fingerprint density at radius 1 is 1.17 bits per heavy atom. The van der Waals surface area contributed by atoms with Gasteiger partial charge in [-0.1, -0.05) is 24.0 Å². The van der Waals surface area contributed by atoms with Crippen molar-refractivity contribution in [1.82, 2.24) is 30.0 Å². The van der Waals surface area contributed by atoms with Gasteiger partial charge in [0.05, 0.1) is 34.6 Å². The van der Waals surface area contributed by atoms with E-state index >= 15 is 0 Å². The van der Waals surface area contributed by atoms with Crippen molar-refractivity contribution < 1.29 is 13.9 Å². The molecule has 0 saturated carbocycles. The Morgan fingerprint density at radius 3 is 2.95 bits per heavy atom. The highest BCUT2D eigenvalue weighted by Crippen LogP contribution is 2.30. The average molecular weight is 582 g/mol. The molecule has 1 unspecified atom stereocenters. The van der Waals surface area contributed by atoms with Crippen LogP contribution in [0.25, 0.3) is 21.1 Å². The minimum absolute atomic E-state index is 0.0381. The van der Waals surface area contributed by atoms with Gasteiger partial charge < -0.3 is 15.0 Å². The molecule has 0 aliphatic carbocycles. The molecule has 3 aromatic heterocycles. The molecule has 9 nitrogen and oxygen atoms in total. The van der Waals surface area contributed by atoms with Crippen molar-refractivity contribution >= 4 is 50.1 Å². The summed E-state index contributed by atoms with van der Waals surface area (Å²) in [4.78, 5) is 24.8. The Kier molecular flexibility index (Phi) is 7.15. The van der Waals surface area contributed by atoms with E-state index in [9.17, 15) is 9.18 Å². The number of thiophene rings is 1. The number of benzene rings is 2. The molecule has 2 atom stereocenters. The summed E-state index contributed by atoms with van der Waals surface area (Å²) in [5, 5.41) is 13.1. The first-order chi connectivity index (χ1) is 20.6. The minimum Gasteiger partial charge on any atom is -0.445 e. The Hall–Kier alpha value is -4.53. The van der Waals surface area contributed by atoms with Gasteiger partial charge in [0.25, 0.3) is 0 Å². The molecular formula is C31H28FN7O2S. The fourth-order valence-corrected chi connectivity index (χ4v) is 6.29. The van der Waals surface area contributed by atoms with Crippen molar-refractivity contribution in [2.24, 2.45) is 0 Å². The van der Waals surface area contributed by atoms with Crippen LogP contribution in [0.1, 0.15) is 29.7 Å². The van der Waals surface area contributed by atoms with Gasteiger partial charge in [0.15, 0.2) is 0 Å². The Morgan fingerprint density at radius 2 is 2.07 bits per heavy atom. The summed E-state index contributed by atoms with van der Waals surface area (Å²) in [5.74, 6) is 7.00. The fourth-order valence-electron chi connectivity index (χ4n) is 5.43. The Labute approximate surface area is 245 Å². The highest BCUT2D eigenvalue weighted by molar-refractivity contribution is 7.19. The molecule has 0 radical (unpaired) electrons. The van der Waals surface area contributed by atoms with Crippen molar-refractivity contribution in [1.29, 1.82) is 0 Å². The molecule has 2 aliphatic heterocycles.